The second-order valence-corrected chi connectivity index (χ2v) is 5.57. The molecule has 1 aromatic carbocycles. The van der Waals surface area contributed by atoms with Crippen molar-refractivity contribution in [3.05, 3.63) is 34.2 Å². The fourth-order valence-electron chi connectivity index (χ4n) is 1.83. The van der Waals surface area contributed by atoms with E-state index in [2.05, 4.69) is 54.8 Å². The predicted octanol–water partition coefficient (Wildman–Crippen LogP) is 3.57. The van der Waals surface area contributed by atoms with Crippen LogP contribution in [0.1, 0.15) is 13.3 Å². The summed E-state index contributed by atoms with van der Waals surface area (Å²) in [5.74, 6) is 1.76. The number of fused-ring (bicyclic) bond motifs is 1. The Hall–Kier alpha value is -1.90. The minimum atomic E-state index is 0.472. The van der Waals surface area contributed by atoms with Crippen molar-refractivity contribution in [3.8, 4) is 11.6 Å². The van der Waals surface area contributed by atoms with Crippen molar-refractivity contribution in [1.82, 2.24) is 19.9 Å². The second-order valence-electron chi connectivity index (χ2n) is 4.41. The standard InChI is InChI=1S/C14H14IN5O/c1-2-7-16-14-19-12-11(17-8-18-12)13(20-14)21-10-6-4-3-5-9(10)15/h3-6,8H,2,7H2,1H3,(H2,16,17,18,19,20). The van der Waals surface area contributed by atoms with Crippen LogP contribution in [0, 0.1) is 3.57 Å². The number of halogens is 1. The third kappa shape index (κ3) is 3.07. The molecule has 0 unspecified atom stereocenters. The van der Waals surface area contributed by atoms with Gasteiger partial charge in [-0.1, -0.05) is 19.1 Å². The molecule has 0 aliphatic rings. The highest BCUT2D eigenvalue weighted by Gasteiger charge is 2.13. The second kappa shape index (κ2) is 6.25. The van der Waals surface area contributed by atoms with E-state index in [0.717, 1.165) is 22.3 Å². The summed E-state index contributed by atoms with van der Waals surface area (Å²) in [6, 6.07) is 7.79. The van der Waals surface area contributed by atoms with E-state index in [1.165, 1.54) is 0 Å². The number of anilines is 1. The first kappa shape index (κ1) is 14.1. The van der Waals surface area contributed by atoms with Gasteiger partial charge in [-0.05, 0) is 41.1 Å². The van der Waals surface area contributed by atoms with Crippen LogP contribution in [0.5, 0.6) is 11.6 Å². The van der Waals surface area contributed by atoms with Crippen molar-refractivity contribution in [2.75, 3.05) is 11.9 Å². The summed E-state index contributed by atoms with van der Waals surface area (Å²) in [5, 5.41) is 3.16. The lowest BCUT2D eigenvalue weighted by Gasteiger charge is -2.09. The number of hydrogen-bond donors (Lipinski definition) is 2. The van der Waals surface area contributed by atoms with Crippen molar-refractivity contribution in [1.29, 1.82) is 0 Å². The van der Waals surface area contributed by atoms with Crippen LogP contribution >= 0.6 is 22.6 Å². The van der Waals surface area contributed by atoms with Crippen LogP contribution in [-0.2, 0) is 0 Å². The SMILES string of the molecule is CCCNc1nc(Oc2ccccc2I)c2[nH]cnc2n1. The van der Waals surface area contributed by atoms with Crippen LogP contribution in [-0.4, -0.2) is 26.5 Å². The summed E-state index contributed by atoms with van der Waals surface area (Å²) in [5.41, 5.74) is 1.28. The molecule has 0 amide bonds. The average Bonchev–Trinajstić information content (AvgIpc) is 2.96. The number of nitrogens with zero attached hydrogens (tertiary/aromatic N) is 3. The highest BCUT2D eigenvalue weighted by Crippen LogP contribution is 2.29. The molecular formula is C14H14IN5O. The lowest BCUT2D eigenvalue weighted by Crippen LogP contribution is -2.05. The fourth-order valence-corrected chi connectivity index (χ4v) is 2.33. The number of nitrogens with one attached hydrogen (secondary N) is 2. The van der Waals surface area contributed by atoms with E-state index >= 15 is 0 Å². The number of ether oxygens (including phenoxy) is 1. The van der Waals surface area contributed by atoms with Gasteiger partial charge in [0.25, 0.3) is 5.88 Å². The molecule has 2 N–H and O–H groups in total. The molecular weight excluding hydrogens is 381 g/mol. The van der Waals surface area contributed by atoms with Gasteiger partial charge in [-0.15, -0.1) is 0 Å². The van der Waals surface area contributed by atoms with E-state index in [-0.39, 0.29) is 0 Å². The van der Waals surface area contributed by atoms with E-state index in [1.807, 2.05) is 24.3 Å². The molecule has 0 saturated heterocycles. The average molecular weight is 395 g/mol. The molecule has 0 spiro atoms. The van der Waals surface area contributed by atoms with Crippen molar-refractivity contribution in [2.45, 2.75) is 13.3 Å². The van der Waals surface area contributed by atoms with Crippen LogP contribution < -0.4 is 10.1 Å². The zero-order valence-electron chi connectivity index (χ0n) is 11.4. The Morgan fingerprint density at radius 1 is 1.29 bits per heavy atom. The molecule has 21 heavy (non-hydrogen) atoms. The molecule has 0 radical (unpaired) electrons. The number of hydrogen-bond acceptors (Lipinski definition) is 5. The van der Waals surface area contributed by atoms with Crippen molar-refractivity contribution >= 4 is 39.7 Å². The van der Waals surface area contributed by atoms with Crippen molar-refractivity contribution < 1.29 is 4.74 Å². The summed E-state index contributed by atoms with van der Waals surface area (Å²) in [4.78, 5) is 16.0. The number of aromatic nitrogens is 4. The topological polar surface area (TPSA) is 75.7 Å². The Labute approximate surface area is 135 Å². The molecule has 6 nitrogen and oxygen atoms in total. The van der Waals surface area contributed by atoms with Gasteiger partial charge in [0.1, 0.15) is 11.3 Å². The van der Waals surface area contributed by atoms with Gasteiger partial charge in [-0.2, -0.15) is 9.97 Å². The summed E-state index contributed by atoms with van der Waals surface area (Å²) in [6.07, 6.45) is 2.58. The van der Waals surface area contributed by atoms with Gasteiger partial charge >= 0.3 is 0 Å². The molecule has 108 valence electrons. The predicted molar refractivity (Wildman–Crippen MR) is 89.7 cm³/mol. The van der Waals surface area contributed by atoms with Crippen LogP contribution in [0.3, 0.4) is 0 Å². The Kier molecular flexibility index (Phi) is 4.18. The molecule has 3 aromatic rings. The molecule has 0 aliphatic heterocycles. The van der Waals surface area contributed by atoms with E-state index < -0.39 is 0 Å². The Morgan fingerprint density at radius 2 is 2.14 bits per heavy atom. The minimum absolute atomic E-state index is 0.472. The highest BCUT2D eigenvalue weighted by atomic mass is 127. The molecule has 0 bridgehead atoms. The quantitative estimate of drug-likeness (QED) is 0.646. The van der Waals surface area contributed by atoms with Gasteiger partial charge < -0.3 is 15.0 Å². The molecule has 0 fully saturated rings. The largest absolute Gasteiger partial charge is 0.436 e. The first-order valence-corrected chi connectivity index (χ1v) is 7.73. The maximum absolute atomic E-state index is 5.93. The van der Waals surface area contributed by atoms with E-state index in [0.29, 0.717) is 23.0 Å². The first-order valence-electron chi connectivity index (χ1n) is 6.65. The van der Waals surface area contributed by atoms with Gasteiger partial charge in [-0.3, -0.25) is 0 Å². The van der Waals surface area contributed by atoms with Gasteiger partial charge in [-0.25, -0.2) is 4.98 Å². The summed E-state index contributed by atoms with van der Waals surface area (Å²) >= 11 is 2.23. The molecule has 3 rings (SSSR count). The molecule has 2 heterocycles. The maximum Gasteiger partial charge on any atom is 0.250 e. The Balaban J connectivity index is 2.00. The maximum atomic E-state index is 5.93. The third-order valence-corrected chi connectivity index (χ3v) is 3.72. The van der Waals surface area contributed by atoms with Gasteiger partial charge in [0, 0.05) is 6.54 Å². The Bertz CT molecular complexity index is 758. The normalized spacial score (nSPS) is 10.8. The van der Waals surface area contributed by atoms with Gasteiger partial charge in [0.05, 0.1) is 9.90 Å². The lowest BCUT2D eigenvalue weighted by atomic mass is 10.3. The van der Waals surface area contributed by atoms with Crippen LogP contribution in [0.2, 0.25) is 0 Å². The molecule has 0 atom stereocenters. The summed E-state index contributed by atoms with van der Waals surface area (Å²) < 4.78 is 6.95. The fraction of sp³-hybridized carbons (Fsp3) is 0.214. The van der Waals surface area contributed by atoms with E-state index in [4.69, 9.17) is 4.74 Å². The van der Waals surface area contributed by atoms with Gasteiger partial charge in [0.15, 0.2) is 5.65 Å². The number of imidazole rings is 1. The van der Waals surface area contributed by atoms with Crippen LogP contribution in [0.15, 0.2) is 30.6 Å². The van der Waals surface area contributed by atoms with Crippen molar-refractivity contribution in [3.63, 3.8) is 0 Å². The van der Waals surface area contributed by atoms with E-state index in [1.54, 1.807) is 6.33 Å². The lowest BCUT2D eigenvalue weighted by molar-refractivity contribution is 0.464. The number of para-hydroxylation sites is 1. The third-order valence-electron chi connectivity index (χ3n) is 2.83. The summed E-state index contributed by atoms with van der Waals surface area (Å²) in [7, 11) is 0. The zero-order valence-corrected chi connectivity index (χ0v) is 13.6. The highest BCUT2D eigenvalue weighted by molar-refractivity contribution is 14.1. The molecule has 7 heteroatoms. The Morgan fingerprint density at radius 3 is 2.95 bits per heavy atom. The van der Waals surface area contributed by atoms with Gasteiger partial charge in [0.2, 0.25) is 5.95 Å². The molecule has 0 aliphatic carbocycles. The smallest absolute Gasteiger partial charge is 0.250 e. The van der Waals surface area contributed by atoms with Crippen LogP contribution in [0.4, 0.5) is 5.95 Å². The number of benzene rings is 1. The molecule has 2 aromatic heterocycles. The summed E-state index contributed by atoms with van der Waals surface area (Å²) in [6.45, 7) is 2.89. The van der Waals surface area contributed by atoms with Crippen molar-refractivity contribution in [2.24, 2.45) is 0 Å². The first-order chi connectivity index (χ1) is 10.3. The van der Waals surface area contributed by atoms with Crippen LogP contribution in [0.25, 0.3) is 11.2 Å². The number of rotatable bonds is 5. The minimum Gasteiger partial charge on any atom is -0.436 e. The number of aromatic amines is 1. The zero-order chi connectivity index (χ0) is 14.7. The van der Waals surface area contributed by atoms with E-state index in [9.17, 15) is 0 Å². The monoisotopic (exact) mass is 395 g/mol. The number of H-pyrrole nitrogens is 1. The molecule has 0 saturated carbocycles.